The van der Waals surface area contributed by atoms with Gasteiger partial charge in [0.1, 0.15) is 0 Å². The van der Waals surface area contributed by atoms with Gasteiger partial charge < -0.3 is 14.7 Å². The quantitative estimate of drug-likeness (QED) is 0.382. The molecule has 0 atom stereocenters. The van der Waals surface area contributed by atoms with Gasteiger partial charge in [-0.05, 0) is 25.7 Å². The molecule has 0 aromatic heterocycles. The highest BCUT2D eigenvalue weighted by molar-refractivity contribution is 5.82. The number of unbranched alkanes of at least 4 members (excludes halogenated alkanes) is 5. The molecule has 1 aliphatic rings. The molecule has 0 bridgehead atoms. The van der Waals surface area contributed by atoms with Gasteiger partial charge >= 0.3 is 0 Å². The van der Waals surface area contributed by atoms with E-state index in [0.29, 0.717) is 25.9 Å². The van der Waals surface area contributed by atoms with Crippen molar-refractivity contribution in [1.29, 1.82) is 0 Å². The van der Waals surface area contributed by atoms with Crippen LogP contribution in [0.2, 0.25) is 0 Å². The first-order valence-corrected chi connectivity index (χ1v) is 10.5. The third kappa shape index (κ3) is 8.59. The first kappa shape index (κ1) is 23.2. The van der Waals surface area contributed by atoms with Crippen LogP contribution < -0.4 is 0 Å². The van der Waals surface area contributed by atoms with E-state index in [2.05, 4.69) is 20.4 Å². The summed E-state index contributed by atoms with van der Waals surface area (Å²) >= 11 is 0. The normalized spacial score (nSPS) is 14.4. The lowest BCUT2D eigenvalue weighted by atomic mass is 10.2. The van der Waals surface area contributed by atoms with E-state index in [1.165, 1.54) is 0 Å². The van der Waals surface area contributed by atoms with Crippen molar-refractivity contribution in [2.24, 2.45) is 0 Å². The van der Waals surface area contributed by atoms with E-state index in [-0.39, 0.29) is 31.1 Å². The summed E-state index contributed by atoms with van der Waals surface area (Å²) in [5.74, 6) is 0.0473. The summed E-state index contributed by atoms with van der Waals surface area (Å²) in [5, 5.41) is 0. The molecule has 0 saturated carbocycles. The molecule has 1 saturated heterocycles. The van der Waals surface area contributed by atoms with E-state index in [4.69, 9.17) is 0 Å². The van der Waals surface area contributed by atoms with Crippen LogP contribution in [0.1, 0.15) is 84.5 Å². The molecule has 154 valence electrons. The summed E-state index contributed by atoms with van der Waals surface area (Å²) in [6, 6.07) is 0. The Hall–Kier alpha value is -1.85. The van der Waals surface area contributed by atoms with Gasteiger partial charge in [-0.3, -0.25) is 14.4 Å². The number of hydrogen-bond acceptors (Lipinski definition) is 3. The number of allylic oxidation sites excluding steroid dienone is 1. The molecule has 0 spiro atoms. The Morgan fingerprint density at radius 2 is 1.07 bits per heavy atom. The summed E-state index contributed by atoms with van der Waals surface area (Å²) < 4.78 is 0. The maximum Gasteiger partial charge on any atom is 0.225 e. The fourth-order valence-electron chi connectivity index (χ4n) is 3.15. The molecule has 6 nitrogen and oxygen atoms in total. The smallest absolute Gasteiger partial charge is 0.225 e. The van der Waals surface area contributed by atoms with Gasteiger partial charge in [-0.25, -0.2) is 0 Å². The van der Waals surface area contributed by atoms with Crippen molar-refractivity contribution in [3.05, 3.63) is 12.7 Å². The van der Waals surface area contributed by atoms with Crippen molar-refractivity contribution >= 4 is 17.7 Å². The van der Waals surface area contributed by atoms with E-state index in [1.54, 1.807) is 20.8 Å². The van der Waals surface area contributed by atoms with Gasteiger partial charge in [0.15, 0.2) is 0 Å². The molecule has 0 unspecified atom stereocenters. The van der Waals surface area contributed by atoms with Crippen LogP contribution >= 0.6 is 0 Å². The summed E-state index contributed by atoms with van der Waals surface area (Å²) in [5.41, 5.74) is 0. The Bertz CT molecular complexity index is 463. The van der Waals surface area contributed by atoms with Gasteiger partial charge in [0, 0.05) is 19.3 Å². The van der Waals surface area contributed by atoms with Crippen molar-refractivity contribution in [1.82, 2.24) is 14.7 Å². The number of hydrogen-bond donors (Lipinski definition) is 0. The Balaban J connectivity index is 2.72. The summed E-state index contributed by atoms with van der Waals surface area (Å²) in [6.07, 6.45) is 10.6. The second-order valence-corrected chi connectivity index (χ2v) is 7.32. The summed E-state index contributed by atoms with van der Waals surface area (Å²) in [6.45, 7) is 8.76. The summed E-state index contributed by atoms with van der Waals surface area (Å²) in [7, 11) is 0. The molecule has 0 N–H and O–H groups in total. The summed E-state index contributed by atoms with van der Waals surface area (Å²) in [4.78, 5) is 42.6. The highest BCUT2D eigenvalue weighted by Crippen LogP contribution is 2.15. The maximum absolute atomic E-state index is 12.6. The average molecular weight is 380 g/mol. The predicted octanol–water partition coefficient (Wildman–Crippen LogP) is 3.88. The number of nitrogens with zero attached hydrogens (tertiary/aromatic N) is 3. The Labute approximate surface area is 164 Å². The van der Waals surface area contributed by atoms with E-state index in [0.717, 1.165) is 51.4 Å². The maximum atomic E-state index is 12.6. The number of carbonyl (C=O) groups excluding carboxylic acids is 3. The van der Waals surface area contributed by atoms with Crippen molar-refractivity contribution in [3.63, 3.8) is 0 Å². The minimum atomic E-state index is -0.00531. The van der Waals surface area contributed by atoms with Crippen molar-refractivity contribution in [2.75, 3.05) is 20.0 Å². The molecule has 27 heavy (non-hydrogen) atoms. The minimum absolute atomic E-state index is 0.00531. The van der Waals surface area contributed by atoms with E-state index in [1.807, 2.05) is 0 Å². The fraction of sp³-hybridized carbons (Fsp3) is 0.762. The van der Waals surface area contributed by atoms with Crippen LogP contribution in [-0.4, -0.2) is 52.4 Å². The molecular weight excluding hydrogens is 342 g/mol. The number of carbonyl (C=O) groups is 3. The van der Waals surface area contributed by atoms with Gasteiger partial charge in [-0.2, -0.15) is 0 Å². The molecule has 3 amide bonds. The van der Waals surface area contributed by atoms with Crippen LogP contribution in [0.4, 0.5) is 0 Å². The molecule has 0 aromatic rings. The molecule has 1 aliphatic heterocycles. The van der Waals surface area contributed by atoms with E-state index < -0.39 is 0 Å². The second-order valence-electron chi connectivity index (χ2n) is 7.32. The van der Waals surface area contributed by atoms with Crippen LogP contribution in [0.15, 0.2) is 12.7 Å². The third-order valence-corrected chi connectivity index (χ3v) is 4.87. The number of amides is 3. The monoisotopic (exact) mass is 379 g/mol. The van der Waals surface area contributed by atoms with Crippen LogP contribution in [-0.2, 0) is 14.4 Å². The average Bonchev–Trinajstić information content (AvgIpc) is 2.67. The molecule has 0 aliphatic carbocycles. The highest BCUT2D eigenvalue weighted by atomic mass is 16.2. The zero-order chi connectivity index (χ0) is 20.1. The van der Waals surface area contributed by atoms with Crippen LogP contribution in [0.3, 0.4) is 0 Å². The lowest BCUT2D eigenvalue weighted by molar-refractivity contribution is -0.158. The Morgan fingerprint density at radius 1 is 0.704 bits per heavy atom. The van der Waals surface area contributed by atoms with Gasteiger partial charge in [-0.15, -0.1) is 6.58 Å². The molecular formula is C21H37N3O3. The van der Waals surface area contributed by atoms with Crippen molar-refractivity contribution < 1.29 is 14.4 Å². The molecule has 0 aromatic carbocycles. The van der Waals surface area contributed by atoms with E-state index >= 15 is 0 Å². The molecule has 1 fully saturated rings. The van der Waals surface area contributed by atoms with Crippen LogP contribution in [0.5, 0.6) is 0 Å². The Kier molecular flexibility index (Phi) is 11.5. The molecule has 0 radical (unpaired) electrons. The van der Waals surface area contributed by atoms with Crippen LogP contribution in [0, 0.1) is 0 Å². The Morgan fingerprint density at radius 3 is 1.41 bits per heavy atom. The zero-order valence-electron chi connectivity index (χ0n) is 17.3. The third-order valence-electron chi connectivity index (χ3n) is 4.87. The molecule has 1 heterocycles. The topological polar surface area (TPSA) is 60.9 Å². The highest BCUT2D eigenvalue weighted by Gasteiger charge is 2.31. The lowest BCUT2D eigenvalue weighted by Crippen LogP contribution is -2.59. The van der Waals surface area contributed by atoms with Gasteiger partial charge in [0.05, 0.1) is 20.0 Å². The fourth-order valence-corrected chi connectivity index (χ4v) is 3.15. The van der Waals surface area contributed by atoms with Gasteiger partial charge in [-0.1, -0.05) is 45.6 Å². The van der Waals surface area contributed by atoms with Crippen molar-refractivity contribution in [3.8, 4) is 0 Å². The van der Waals surface area contributed by atoms with Crippen molar-refractivity contribution in [2.45, 2.75) is 84.5 Å². The largest absolute Gasteiger partial charge is 0.307 e. The first-order chi connectivity index (χ1) is 13.0. The molecule has 1 rings (SSSR count). The van der Waals surface area contributed by atoms with Gasteiger partial charge in [0.25, 0.3) is 0 Å². The standard InChI is InChI=1S/C21H37N3O3/c1-4-7-10-13-19(25)22-16-23(20(26)14-11-8-5-2)18-24(17-22)21(27)15-12-9-6-3/h4H,1,5-18H2,2-3H3. The SMILES string of the molecule is C=CCCCC(=O)N1CN(C(=O)CCCCC)CN(C(=O)CCCCC)C1. The lowest BCUT2D eigenvalue weighted by Gasteiger charge is -2.42. The minimum Gasteiger partial charge on any atom is -0.307 e. The predicted molar refractivity (Wildman–Crippen MR) is 107 cm³/mol. The second kappa shape index (κ2) is 13.3. The first-order valence-electron chi connectivity index (χ1n) is 10.5. The van der Waals surface area contributed by atoms with Crippen LogP contribution in [0.25, 0.3) is 0 Å². The van der Waals surface area contributed by atoms with E-state index in [9.17, 15) is 14.4 Å². The zero-order valence-corrected chi connectivity index (χ0v) is 17.3. The van der Waals surface area contributed by atoms with Gasteiger partial charge in [0.2, 0.25) is 17.7 Å². The number of rotatable bonds is 12. The molecule has 6 heteroatoms.